The number of aromatic nitrogens is 3. The molecule has 1 amide bonds. The molecule has 0 radical (unpaired) electrons. The zero-order chi connectivity index (χ0) is 15.2. The Morgan fingerprint density at radius 3 is 2.73 bits per heavy atom. The SMILES string of the molecule is COc1ccccc1C1(C(=O)N2CC(n3cncn3)C2)CC1. The van der Waals surface area contributed by atoms with Crippen molar-refractivity contribution in [2.45, 2.75) is 24.3 Å². The fourth-order valence-electron chi connectivity index (χ4n) is 3.26. The minimum absolute atomic E-state index is 0.216. The number of benzene rings is 1. The summed E-state index contributed by atoms with van der Waals surface area (Å²) in [5.74, 6) is 1.02. The van der Waals surface area contributed by atoms with Crippen LogP contribution in [0, 0.1) is 0 Å². The maximum atomic E-state index is 12.9. The number of hydrogen-bond donors (Lipinski definition) is 0. The lowest BCUT2D eigenvalue weighted by Gasteiger charge is -2.41. The average molecular weight is 298 g/mol. The third-order valence-electron chi connectivity index (χ3n) is 4.74. The van der Waals surface area contributed by atoms with E-state index in [9.17, 15) is 4.79 Å². The van der Waals surface area contributed by atoms with Crippen molar-refractivity contribution in [3.05, 3.63) is 42.5 Å². The van der Waals surface area contributed by atoms with Crippen molar-refractivity contribution >= 4 is 5.91 Å². The molecule has 1 aromatic heterocycles. The lowest BCUT2D eigenvalue weighted by molar-refractivity contribution is -0.140. The van der Waals surface area contributed by atoms with Gasteiger partial charge in [0.1, 0.15) is 18.4 Å². The standard InChI is InChI=1S/C16H18N4O2/c1-22-14-5-3-2-4-13(14)16(6-7-16)15(21)19-8-12(9-19)20-11-17-10-18-20/h2-5,10-12H,6-9H2,1H3. The molecule has 6 nitrogen and oxygen atoms in total. The van der Waals surface area contributed by atoms with Crippen LogP contribution in [0.3, 0.4) is 0 Å². The molecule has 1 aromatic carbocycles. The van der Waals surface area contributed by atoms with Gasteiger partial charge in [-0.2, -0.15) is 5.10 Å². The zero-order valence-corrected chi connectivity index (χ0v) is 12.5. The summed E-state index contributed by atoms with van der Waals surface area (Å²) in [6.45, 7) is 1.41. The molecule has 2 aliphatic rings. The van der Waals surface area contributed by atoms with Crippen LogP contribution in [0.4, 0.5) is 0 Å². The Balaban J connectivity index is 1.51. The highest BCUT2D eigenvalue weighted by Gasteiger charge is 2.56. The number of rotatable bonds is 4. The molecule has 4 rings (SSSR count). The first kappa shape index (κ1) is 13.3. The van der Waals surface area contributed by atoms with Crippen molar-refractivity contribution in [1.29, 1.82) is 0 Å². The van der Waals surface area contributed by atoms with Gasteiger partial charge in [0.15, 0.2) is 0 Å². The second-order valence-corrected chi connectivity index (χ2v) is 6.02. The molecule has 0 spiro atoms. The van der Waals surface area contributed by atoms with E-state index in [4.69, 9.17) is 4.74 Å². The Hall–Kier alpha value is -2.37. The van der Waals surface area contributed by atoms with E-state index in [1.54, 1.807) is 13.4 Å². The smallest absolute Gasteiger partial charge is 0.233 e. The number of carbonyl (C=O) groups excluding carboxylic acids is 1. The third-order valence-corrected chi connectivity index (χ3v) is 4.74. The first-order chi connectivity index (χ1) is 10.7. The summed E-state index contributed by atoms with van der Waals surface area (Å²) in [5.41, 5.74) is 0.645. The second kappa shape index (κ2) is 4.83. The molecule has 2 fully saturated rings. The number of hydrogen-bond acceptors (Lipinski definition) is 4. The monoisotopic (exact) mass is 298 g/mol. The Morgan fingerprint density at radius 1 is 1.32 bits per heavy atom. The van der Waals surface area contributed by atoms with Gasteiger partial charge in [0, 0.05) is 18.7 Å². The highest BCUT2D eigenvalue weighted by molar-refractivity contribution is 5.92. The normalized spacial score (nSPS) is 19.6. The van der Waals surface area contributed by atoms with Crippen LogP contribution in [0.15, 0.2) is 36.9 Å². The van der Waals surface area contributed by atoms with Crippen molar-refractivity contribution in [3.8, 4) is 5.75 Å². The van der Waals surface area contributed by atoms with Crippen LogP contribution in [-0.4, -0.2) is 45.8 Å². The molecule has 2 aromatic rings. The Morgan fingerprint density at radius 2 is 2.09 bits per heavy atom. The number of para-hydroxylation sites is 1. The van der Waals surface area contributed by atoms with Crippen molar-refractivity contribution < 1.29 is 9.53 Å². The summed E-state index contributed by atoms with van der Waals surface area (Å²) in [7, 11) is 1.66. The van der Waals surface area contributed by atoms with Gasteiger partial charge in [-0.1, -0.05) is 18.2 Å². The summed E-state index contributed by atoms with van der Waals surface area (Å²) in [5, 5.41) is 4.14. The summed E-state index contributed by atoms with van der Waals surface area (Å²) in [4.78, 5) is 18.8. The van der Waals surface area contributed by atoms with Crippen LogP contribution in [0.25, 0.3) is 0 Å². The summed E-state index contributed by atoms with van der Waals surface area (Å²) in [6.07, 6.45) is 5.04. The minimum Gasteiger partial charge on any atom is -0.496 e. The van der Waals surface area contributed by atoms with E-state index in [0.717, 1.165) is 24.2 Å². The van der Waals surface area contributed by atoms with E-state index >= 15 is 0 Å². The highest BCUT2D eigenvalue weighted by Crippen LogP contribution is 2.53. The molecule has 1 aliphatic carbocycles. The van der Waals surface area contributed by atoms with Crippen molar-refractivity contribution in [1.82, 2.24) is 19.7 Å². The molecule has 1 saturated heterocycles. The lowest BCUT2D eigenvalue weighted by atomic mass is 9.91. The van der Waals surface area contributed by atoms with E-state index in [1.807, 2.05) is 33.8 Å². The second-order valence-electron chi connectivity index (χ2n) is 6.02. The molecule has 22 heavy (non-hydrogen) atoms. The molecule has 1 aliphatic heterocycles. The Kier molecular flexibility index (Phi) is 2.92. The van der Waals surface area contributed by atoms with Crippen molar-refractivity contribution in [2.75, 3.05) is 20.2 Å². The summed E-state index contributed by atoms with van der Waals surface area (Å²) in [6, 6.07) is 8.10. The molecule has 0 unspecified atom stereocenters. The van der Waals surface area contributed by atoms with Crippen LogP contribution in [0.5, 0.6) is 5.75 Å². The molecular weight excluding hydrogens is 280 g/mol. The van der Waals surface area contributed by atoms with Gasteiger partial charge in [-0.25, -0.2) is 9.67 Å². The first-order valence-electron chi connectivity index (χ1n) is 7.51. The number of nitrogens with zero attached hydrogens (tertiary/aromatic N) is 4. The number of methoxy groups -OCH3 is 1. The number of carbonyl (C=O) groups is 1. The molecular formula is C16H18N4O2. The summed E-state index contributed by atoms with van der Waals surface area (Å²) < 4.78 is 7.27. The van der Waals surface area contributed by atoms with E-state index < -0.39 is 0 Å². The van der Waals surface area contributed by atoms with Gasteiger partial charge < -0.3 is 9.64 Å². The zero-order valence-electron chi connectivity index (χ0n) is 12.5. The quantitative estimate of drug-likeness (QED) is 0.856. The van der Waals surface area contributed by atoms with Crippen LogP contribution >= 0.6 is 0 Å². The van der Waals surface area contributed by atoms with E-state index in [0.29, 0.717) is 13.1 Å². The third kappa shape index (κ3) is 1.90. The van der Waals surface area contributed by atoms with E-state index in [2.05, 4.69) is 10.1 Å². The van der Waals surface area contributed by atoms with Crippen molar-refractivity contribution in [3.63, 3.8) is 0 Å². The highest BCUT2D eigenvalue weighted by atomic mass is 16.5. The van der Waals surface area contributed by atoms with Gasteiger partial charge >= 0.3 is 0 Å². The molecule has 6 heteroatoms. The van der Waals surface area contributed by atoms with E-state index in [1.165, 1.54) is 6.33 Å². The molecule has 0 N–H and O–H groups in total. The van der Waals surface area contributed by atoms with Gasteiger partial charge in [-0.3, -0.25) is 4.79 Å². The van der Waals surface area contributed by atoms with Gasteiger partial charge in [0.25, 0.3) is 0 Å². The predicted octanol–water partition coefficient (Wildman–Crippen LogP) is 1.40. The van der Waals surface area contributed by atoms with Gasteiger partial charge in [0.05, 0.1) is 18.6 Å². The summed E-state index contributed by atoms with van der Waals surface area (Å²) >= 11 is 0. The number of likely N-dealkylation sites (tertiary alicyclic amines) is 1. The molecule has 0 atom stereocenters. The van der Waals surface area contributed by atoms with Crippen LogP contribution in [-0.2, 0) is 10.2 Å². The first-order valence-corrected chi connectivity index (χ1v) is 7.51. The average Bonchev–Trinajstić information content (AvgIpc) is 3.15. The number of ether oxygens (including phenoxy) is 1. The Bertz CT molecular complexity index is 688. The van der Waals surface area contributed by atoms with Gasteiger partial charge in [-0.05, 0) is 18.9 Å². The molecule has 2 heterocycles. The lowest BCUT2D eigenvalue weighted by Crippen LogP contribution is -2.54. The largest absolute Gasteiger partial charge is 0.496 e. The fourth-order valence-corrected chi connectivity index (χ4v) is 3.26. The van der Waals surface area contributed by atoms with Crippen LogP contribution in [0.1, 0.15) is 24.4 Å². The Labute approximate surface area is 128 Å². The topological polar surface area (TPSA) is 60.2 Å². The van der Waals surface area contributed by atoms with Crippen molar-refractivity contribution in [2.24, 2.45) is 0 Å². The van der Waals surface area contributed by atoms with Crippen LogP contribution in [0.2, 0.25) is 0 Å². The number of amides is 1. The maximum Gasteiger partial charge on any atom is 0.233 e. The predicted molar refractivity (Wildman–Crippen MR) is 79.5 cm³/mol. The molecule has 114 valence electrons. The van der Waals surface area contributed by atoms with E-state index in [-0.39, 0.29) is 17.4 Å². The van der Waals surface area contributed by atoms with Crippen LogP contribution < -0.4 is 4.74 Å². The van der Waals surface area contributed by atoms with Gasteiger partial charge in [-0.15, -0.1) is 0 Å². The molecule has 0 bridgehead atoms. The van der Waals surface area contributed by atoms with Gasteiger partial charge in [0.2, 0.25) is 5.91 Å². The minimum atomic E-state index is -0.375. The molecule has 1 saturated carbocycles. The maximum absolute atomic E-state index is 12.9. The fraction of sp³-hybridized carbons (Fsp3) is 0.438.